The predicted molar refractivity (Wildman–Crippen MR) is 53.5 cm³/mol. The molecular formula is C10H21NO2. The van der Waals surface area contributed by atoms with Crippen LogP contribution in [0, 0.1) is 11.3 Å². The SMILES string of the molecule is C[C@H](C[C@H](N)C(=O)O)CC(C)(C)C. The number of rotatable bonds is 4. The summed E-state index contributed by atoms with van der Waals surface area (Å²) in [4.78, 5) is 10.5. The van der Waals surface area contributed by atoms with Gasteiger partial charge in [0.2, 0.25) is 0 Å². The van der Waals surface area contributed by atoms with Crippen molar-refractivity contribution in [2.75, 3.05) is 0 Å². The maximum Gasteiger partial charge on any atom is 0.320 e. The van der Waals surface area contributed by atoms with Crippen molar-refractivity contribution in [3.8, 4) is 0 Å². The highest BCUT2D eigenvalue weighted by atomic mass is 16.4. The van der Waals surface area contributed by atoms with Crippen LogP contribution in [0.1, 0.15) is 40.5 Å². The molecule has 78 valence electrons. The van der Waals surface area contributed by atoms with Gasteiger partial charge in [0.15, 0.2) is 0 Å². The van der Waals surface area contributed by atoms with Crippen molar-refractivity contribution >= 4 is 5.97 Å². The third-order valence-corrected chi connectivity index (χ3v) is 1.93. The van der Waals surface area contributed by atoms with Crippen molar-refractivity contribution in [2.24, 2.45) is 17.1 Å². The summed E-state index contributed by atoms with van der Waals surface area (Å²) in [5.41, 5.74) is 5.68. The Bertz CT molecular complexity index is 172. The first-order valence-corrected chi connectivity index (χ1v) is 4.71. The number of carboxylic acid groups (broad SMARTS) is 1. The molecule has 13 heavy (non-hydrogen) atoms. The second-order valence-corrected chi connectivity index (χ2v) is 5.05. The molecule has 3 nitrogen and oxygen atoms in total. The van der Waals surface area contributed by atoms with Crippen LogP contribution in [0.25, 0.3) is 0 Å². The molecule has 0 saturated carbocycles. The molecule has 0 amide bonds. The van der Waals surface area contributed by atoms with Crippen LogP contribution in [0.15, 0.2) is 0 Å². The Morgan fingerprint density at radius 2 is 1.92 bits per heavy atom. The summed E-state index contributed by atoms with van der Waals surface area (Å²) in [6.45, 7) is 8.50. The smallest absolute Gasteiger partial charge is 0.320 e. The van der Waals surface area contributed by atoms with Crippen molar-refractivity contribution in [1.82, 2.24) is 0 Å². The number of carboxylic acids is 1. The summed E-state index contributed by atoms with van der Waals surface area (Å²) in [6.07, 6.45) is 1.57. The summed E-state index contributed by atoms with van der Waals surface area (Å²) in [6, 6.07) is -0.711. The summed E-state index contributed by atoms with van der Waals surface area (Å²) in [5.74, 6) is -0.535. The molecule has 3 heteroatoms. The van der Waals surface area contributed by atoms with Gasteiger partial charge < -0.3 is 10.8 Å². The van der Waals surface area contributed by atoms with Gasteiger partial charge in [-0.15, -0.1) is 0 Å². The normalized spacial score (nSPS) is 16.7. The van der Waals surface area contributed by atoms with Gasteiger partial charge >= 0.3 is 5.97 Å². The van der Waals surface area contributed by atoms with E-state index in [0.717, 1.165) is 6.42 Å². The lowest BCUT2D eigenvalue weighted by Gasteiger charge is -2.24. The van der Waals surface area contributed by atoms with Crippen LogP contribution < -0.4 is 5.73 Å². The summed E-state index contributed by atoms with van der Waals surface area (Å²) >= 11 is 0. The lowest BCUT2D eigenvalue weighted by atomic mass is 9.83. The predicted octanol–water partition coefficient (Wildman–Crippen LogP) is 1.86. The van der Waals surface area contributed by atoms with Crippen molar-refractivity contribution in [1.29, 1.82) is 0 Å². The van der Waals surface area contributed by atoms with E-state index in [1.54, 1.807) is 0 Å². The highest BCUT2D eigenvalue weighted by molar-refractivity contribution is 5.72. The summed E-state index contributed by atoms with van der Waals surface area (Å²) in [5, 5.41) is 8.60. The molecule has 0 rings (SSSR count). The van der Waals surface area contributed by atoms with Crippen LogP contribution in [-0.4, -0.2) is 17.1 Å². The zero-order chi connectivity index (χ0) is 10.6. The van der Waals surface area contributed by atoms with Gasteiger partial charge in [-0.05, 0) is 24.2 Å². The fourth-order valence-electron chi connectivity index (χ4n) is 1.66. The van der Waals surface area contributed by atoms with Crippen molar-refractivity contribution in [2.45, 2.75) is 46.6 Å². The Morgan fingerprint density at radius 1 is 1.46 bits per heavy atom. The molecule has 0 aliphatic heterocycles. The Morgan fingerprint density at radius 3 is 2.23 bits per heavy atom. The number of hydrogen-bond donors (Lipinski definition) is 2. The maximum absolute atomic E-state index is 10.5. The molecule has 0 radical (unpaired) electrons. The molecule has 0 aliphatic carbocycles. The minimum Gasteiger partial charge on any atom is -0.480 e. The zero-order valence-corrected chi connectivity index (χ0v) is 9.00. The largest absolute Gasteiger partial charge is 0.480 e. The highest BCUT2D eigenvalue weighted by Gasteiger charge is 2.20. The van der Waals surface area contributed by atoms with E-state index in [0.29, 0.717) is 12.3 Å². The second-order valence-electron chi connectivity index (χ2n) is 5.05. The van der Waals surface area contributed by atoms with Crippen LogP contribution in [-0.2, 0) is 4.79 Å². The Hall–Kier alpha value is -0.570. The van der Waals surface area contributed by atoms with E-state index in [4.69, 9.17) is 10.8 Å². The van der Waals surface area contributed by atoms with Crippen molar-refractivity contribution in [3.63, 3.8) is 0 Å². The average Bonchev–Trinajstić information content (AvgIpc) is 1.81. The van der Waals surface area contributed by atoms with Crippen LogP contribution >= 0.6 is 0 Å². The van der Waals surface area contributed by atoms with E-state index < -0.39 is 12.0 Å². The Labute approximate surface area is 80.3 Å². The van der Waals surface area contributed by atoms with Crippen LogP contribution in [0.4, 0.5) is 0 Å². The second kappa shape index (κ2) is 4.61. The molecule has 0 fully saturated rings. The first-order valence-electron chi connectivity index (χ1n) is 4.71. The Kier molecular flexibility index (Phi) is 4.40. The van der Waals surface area contributed by atoms with Gasteiger partial charge in [0, 0.05) is 0 Å². The van der Waals surface area contributed by atoms with E-state index >= 15 is 0 Å². The Balaban J connectivity index is 3.88. The third kappa shape index (κ3) is 6.58. The highest BCUT2D eigenvalue weighted by Crippen LogP contribution is 2.26. The van der Waals surface area contributed by atoms with E-state index in [9.17, 15) is 4.79 Å². The van der Waals surface area contributed by atoms with Gasteiger partial charge in [0.25, 0.3) is 0 Å². The van der Waals surface area contributed by atoms with E-state index in [2.05, 4.69) is 20.8 Å². The van der Waals surface area contributed by atoms with E-state index in [-0.39, 0.29) is 5.41 Å². The van der Waals surface area contributed by atoms with Gasteiger partial charge in [-0.25, -0.2) is 0 Å². The molecular weight excluding hydrogens is 166 g/mol. The van der Waals surface area contributed by atoms with Gasteiger partial charge in [-0.1, -0.05) is 27.7 Å². The van der Waals surface area contributed by atoms with Gasteiger partial charge in [0.05, 0.1) is 0 Å². The molecule has 0 aromatic heterocycles. The number of carbonyl (C=O) groups is 1. The molecule has 0 aromatic rings. The standard InChI is InChI=1S/C10H21NO2/c1-7(6-10(2,3)4)5-8(11)9(12)13/h7-8H,5-6,11H2,1-4H3,(H,12,13)/t7-,8+/m1/s1. The molecule has 0 unspecified atom stereocenters. The number of aliphatic carboxylic acids is 1. The molecule has 0 bridgehead atoms. The minimum atomic E-state index is -0.902. The molecule has 0 saturated heterocycles. The number of nitrogens with two attached hydrogens (primary N) is 1. The van der Waals surface area contributed by atoms with Gasteiger partial charge in [-0.2, -0.15) is 0 Å². The monoisotopic (exact) mass is 187 g/mol. The third-order valence-electron chi connectivity index (χ3n) is 1.93. The first kappa shape index (κ1) is 12.4. The van der Waals surface area contributed by atoms with Crippen LogP contribution in [0.3, 0.4) is 0 Å². The average molecular weight is 187 g/mol. The number of hydrogen-bond acceptors (Lipinski definition) is 2. The first-order chi connectivity index (χ1) is 5.72. The topological polar surface area (TPSA) is 63.3 Å². The lowest BCUT2D eigenvalue weighted by Crippen LogP contribution is -2.32. The summed E-state index contributed by atoms with van der Waals surface area (Å²) < 4.78 is 0. The molecule has 2 atom stereocenters. The maximum atomic E-state index is 10.5. The molecule has 0 aromatic carbocycles. The van der Waals surface area contributed by atoms with Crippen molar-refractivity contribution in [3.05, 3.63) is 0 Å². The lowest BCUT2D eigenvalue weighted by molar-refractivity contribution is -0.139. The fourth-order valence-corrected chi connectivity index (χ4v) is 1.66. The van der Waals surface area contributed by atoms with Crippen LogP contribution in [0.2, 0.25) is 0 Å². The molecule has 0 spiro atoms. The van der Waals surface area contributed by atoms with Crippen LogP contribution in [0.5, 0.6) is 0 Å². The van der Waals surface area contributed by atoms with Gasteiger partial charge in [0.1, 0.15) is 6.04 Å². The fraction of sp³-hybridized carbons (Fsp3) is 0.900. The molecule has 0 heterocycles. The molecule has 0 aliphatic rings. The van der Waals surface area contributed by atoms with E-state index in [1.165, 1.54) is 0 Å². The summed E-state index contributed by atoms with van der Waals surface area (Å²) in [7, 11) is 0. The minimum absolute atomic E-state index is 0.248. The van der Waals surface area contributed by atoms with Gasteiger partial charge in [-0.3, -0.25) is 4.79 Å². The van der Waals surface area contributed by atoms with Crippen molar-refractivity contribution < 1.29 is 9.90 Å². The zero-order valence-electron chi connectivity index (χ0n) is 9.00. The molecule has 3 N–H and O–H groups in total. The quantitative estimate of drug-likeness (QED) is 0.706. The van der Waals surface area contributed by atoms with E-state index in [1.807, 2.05) is 6.92 Å².